The zero-order chi connectivity index (χ0) is 14.4. The summed E-state index contributed by atoms with van der Waals surface area (Å²) in [5.41, 5.74) is 2.57. The van der Waals surface area contributed by atoms with Crippen LogP contribution in [-0.2, 0) is 6.42 Å². The summed E-state index contributed by atoms with van der Waals surface area (Å²) in [5.74, 6) is 0.548. The van der Waals surface area contributed by atoms with Crippen LogP contribution < -0.4 is 4.74 Å². The fourth-order valence-electron chi connectivity index (χ4n) is 2.08. The van der Waals surface area contributed by atoms with Crippen LogP contribution in [-0.4, -0.2) is 7.11 Å². The molecule has 0 radical (unpaired) electrons. The Morgan fingerprint density at radius 3 is 2.45 bits per heavy atom. The van der Waals surface area contributed by atoms with Gasteiger partial charge in [0.25, 0.3) is 0 Å². The molecule has 0 aliphatic rings. The lowest BCUT2D eigenvalue weighted by atomic mass is 9.92. The Bertz CT molecular complexity index is 663. The van der Waals surface area contributed by atoms with Gasteiger partial charge in [-0.15, -0.1) is 0 Å². The molecule has 3 nitrogen and oxygen atoms in total. The van der Waals surface area contributed by atoms with Gasteiger partial charge < -0.3 is 4.74 Å². The van der Waals surface area contributed by atoms with E-state index >= 15 is 0 Å². The van der Waals surface area contributed by atoms with Crippen LogP contribution >= 0.6 is 0 Å². The third-order valence-corrected chi connectivity index (χ3v) is 3.17. The van der Waals surface area contributed by atoms with E-state index in [2.05, 4.69) is 12.1 Å². The summed E-state index contributed by atoms with van der Waals surface area (Å²) in [6.07, 6.45) is 0.596. The SMILES string of the molecule is COc1ccc(C(C#N)Cc2cccc(C#N)c2)cc1. The molecule has 0 aliphatic carbocycles. The van der Waals surface area contributed by atoms with Crippen molar-refractivity contribution in [2.75, 3.05) is 7.11 Å². The highest BCUT2D eigenvalue weighted by Gasteiger charge is 2.12. The molecule has 0 aliphatic heterocycles. The second-order valence-electron chi connectivity index (χ2n) is 4.47. The van der Waals surface area contributed by atoms with E-state index < -0.39 is 0 Å². The molecule has 3 heteroatoms. The van der Waals surface area contributed by atoms with Crippen LogP contribution in [0.2, 0.25) is 0 Å². The maximum absolute atomic E-state index is 9.35. The lowest BCUT2D eigenvalue weighted by Crippen LogP contribution is -2.01. The van der Waals surface area contributed by atoms with Gasteiger partial charge in [0, 0.05) is 0 Å². The van der Waals surface area contributed by atoms with E-state index in [0.717, 1.165) is 16.9 Å². The first-order valence-electron chi connectivity index (χ1n) is 6.29. The second-order valence-corrected chi connectivity index (χ2v) is 4.47. The van der Waals surface area contributed by atoms with Gasteiger partial charge in [-0.25, -0.2) is 0 Å². The van der Waals surface area contributed by atoms with E-state index in [1.807, 2.05) is 42.5 Å². The molecule has 0 amide bonds. The second kappa shape index (κ2) is 6.41. The summed E-state index contributed by atoms with van der Waals surface area (Å²) in [6.45, 7) is 0. The summed E-state index contributed by atoms with van der Waals surface area (Å²) in [4.78, 5) is 0. The Labute approximate surface area is 118 Å². The van der Waals surface area contributed by atoms with Gasteiger partial charge in [-0.1, -0.05) is 24.3 Å². The number of nitrogens with zero attached hydrogens (tertiary/aromatic N) is 2. The number of methoxy groups -OCH3 is 1. The predicted octanol–water partition coefficient (Wildman–Crippen LogP) is 3.42. The number of hydrogen-bond donors (Lipinski definition) is 0. The Morgan fingerprint density at radius 2 is 1.85 bits per heavy atom. The topological polar surface area (TPSA) is 56.8 Å². The zero-order valence-electron chi connectivity index (χ0n) is 11.2. The monoisotopic (exact) mass is 262 g/mol. The highest BCUT2D eigenvalue weighted by Crippen LogP contribution is 2.23. The van der Waals surface area contributed by atoms with Crippen molar-refractivity contribution in [3.63, 3.8) is 0 Å². The standard InChI is InChI=1S/C17H14N2O/c1-20-17-7-5-15(6-8-17)16(12-19)10-13-3-2-4-14(9-13)11-18/h2-9,16H,10H2,1H3. The maximum atomic E-state index is 9.35. The van der Waals surface area contributed by atoms with E-state index in [1.165, 1.54) is 0 Å². The Balaban J connectivity index is 2.20. The summed E-state index contributed by atoms with van der Waals surface area (Å²) < 4.78 is 5.11. The number of benzene rings is 2. The minimum Gasteiger partial charge on any atom is -0.497 e. The molecule has 0 saturated carbocycles. The summed E-state index contributed by atoms with van der Waals surface area (Å²) in [7, 11) is 1.62. The van der Waals surface area contributed by atoms with Crippen LogP contribution in [0, 0.1) is 22.7 Å². The molecule has 2 aromatic carbocycles. The van der Waals surface area contributed by atoms with Crippen molar-refractivity contribution in [3.8, 4) is 17.9 Å². The average Bonchev–Trinajstić information content (AvgIpc) is 2.53. The molecule has 0 spiro atoms. The molecule has 0 bridgehead atoms. The zero-order valence-corrected chi connectivity index (χ0v) is 11.2. The predicted molar refractivity (Wildman–Crippen MR) is 76.2 cm³/mol. The molecule has 0 aromatic heterocycles. The van der Waals surface area contributed by atoms with Crippen LogP contribution in [0.5, 0.6) is 5.75 Å². The molecule has 1 atom stereocenters. The highest BCUT2D eigenvalue weighted by atomic mass is 16.5. The molecule has 1 unspecified atom stereocenters. The number of rotatable bonds is 4. The largest absolute Gasteiger partial charge is 0.497 e. The van der Waals surface area contributed by atoms with Crippen molar-refractivity contribution in [1.82, 2.24) is 0 Å². The van der Waals surface area contributed by atoms with Gasteiger partial charge in [0.1, 0.15) is 5.75 Å². The first kappa shape index (κ1) is 13.6. The van der Waals surface area contributed by atoms with Crippen molar-refractivity contribution in [1.29, 1.82) is 10.5 Å². The molecule has 0 heterocycles. The number of ether oxygens (including phenoxy) is 1. The molecule has 98 valence electrons. The molecular weight excluding hydrogens is 248 g/mol. The fourth-order valence-corrected chi connectivity index (χ4v) is 2.08. The molecule has 0 saturated heterocycles. The maximum Gasteiger partial charge on any atom is 0.118 e. The summed E-state index contributed by atoms with van der Waals surface area (Å²) in [6, 6.07) is 19.3. The number of nitriles is 2. The van der Waals surface area contributed by atoms with Gasteiger partial charge in [0.15, 0.2) is 0 Å². The van der Waals surface area contributed by atoms with Crippen molar-refractivity contribution >= 4 is 0 Å². The average molecular weight is 262 g/mol. The van der Waals surface area contributed by atoms with E-state index in [4.69, 9.17) is 10.00 Å². The molecular formula is C17H14N2O. The minimum absolute atomic E-state index is 0.227. The van der Waals surface area contributed by atoms with Gasteiger partial charge in [-0.3, -0.25) is 0 Å². The normalized spacial score (nSPS) is 11.2. The summed E-state index contributed by atoms with van der Waals surface area (Å²) >= 11 is 0. The van der Waals surface area contributed by atoms with E-state index in [0.29, 0.717) is 12.0 Å². The highest BCUT2D eigenvalue weighted by molar-refractivity contribution is 5.37. The van der Waals surface area contributed by atoms with E-state index in [1.54, 1.807) is 13.2 Å². The van der Waals surface area contributed by atoms with Gasteiger partial charge >= 0.3 is 0 Å². The van der Waals surface area contributed by atoms with Gasteiger partial charge in [0.05, 0.1) is 30.7 Å². The smallest absolute Gasteiger partial charge is 0.118 e. The quantitative estimate of drug-likeness (QED) is 0.848. The molecule has 20 heavy (non-hydrogen) atoms. The third kappa shape index (κ3) is 3.16. The molecule has 2 aromatic rings. The van der Waals surface area contributed by atoms with Crippen molar-refractivity contribution in [2.45, 2.75) is 12.3 Å². The number of hydrogen-bond acceptors (Lipinski definition) is 3. The lowest BCUT2D eigenvalue weighted by Gasteiger charge is -2.10. The van der Waals surface area contributed by atoms with Gasteiger partial charge in [0.2, 0.25) is 0 Å². The Kier molecular flexibility index (Phi) is 4.37. The van der Waals surface area contributed by atoms with E-state index in [-0.39, 0.29) is 5.92 Å². The van der Waals surface area contributed by atoms with Crippen LogP contribution in [0.1, 0.15) is 22.6 Å². The van der Waals surface area contributed by atoms with Gasteiger partial charge in [-0.2, -0.15) is 10.5 Å². The minimum atomic E-state index is -0.227. The first-order chi connectivity index (χ1) is 9.76. The van der Waals surface area contributed by atoms with Crippen molar-refractivity contribution in [3.05, 3.63) is 65.2 Å². The third-order valence-electron chi connectivity index (χ3n) is 3.17. The van der Waals surface area contributed by atoms with Gasteiger partial charge in [-0.05, 0) is 41.8 Å². The molecule has 0 N–H and O–H groups in total. The van der Waals surface area contributed by atoms with Crippen LogP contribution in [0.4, 0.5) is 0 Å². The Morgan fingerprint density at radius 1 is 1.10 bits per heavy atom. The van der Waals surface area contributed by atoms with Crippen LogP contribution in [0.3, 0.4) is 0 Å². The van der Waals surface area contributed by atoms with Crippen LogP contribution in [0.25, 0.3) is 0 Å². The summed E-state index contributed by atoms with van der Waals surface area (Å²) in [5, 5.41) is 18.2. The fraction of sp³-hybridized carbons (Fsp3) is 0.176. The Hall–Kier alpha value is -2.78. The molecule has 0 fully saturated rings. The van der Waals surface area contributed by atoms with Crippen LogP contribution in [0.15, 0.2) is 48.5 Å². The molecule has 2 rings (SSSR count). The van der Waals surface area contributed by atoms with Crippen molar-refractivity contribution in [2.24, 2.45) is 0 Å². The first-order valence-corrected chi connectivity index (χ1v) is 6.29. The van der Waals surface area contributed by atoms with E-state index in [9.17, 15) is 5.26 Å². The van der Waals surface area contributed by atoms with Crippen molar-refractivity contribution < 1.29 is 4.74 Å². The lowest BCUT2D eigenvalue weighted by molar-refractivity contribution is 0.414.